The van der Waals surface area contributed by atoms with E-state index in [0.717, 1.165) is 42.9 Å². The van der Waals surface area contributed by atoms with E-state index in [2.05, 4.69) is 40.4 Å². The molecule has 2 amide bonds. The summed E-state index contributed by atoms with van der Waals surface area (Å²) in [5.41, 5.74) is 3.78. The summed E-state index contributed by atoms with van der Waals surface area (Å²) in [6, 6.07) is 1.83. The molecule has 1 aliphatic carbocycles. The van der Waals surface area contributed by atoms with E-state index < -0.39 is 0 Å². The predicted octanol–water partition coefficient (Wildman–Crippen LogP) is 3.95. The number of aryl methyl sites for hydroxylation is 2. The Kier molecular flexibility index (Phi) is 6.18. The van der Waals surface area contributed by atoms with Crippen LogP contribution in [0.1, 0.15) is 31.5 Å². The molecule has 1 fully saturated rings. The van der Waals surface area contributed by atoms with Crippen molar-refractivity contribution in [3.05, 3.63) is 41.2 Å². The zero-order chi connectivity index (χ0) is 20.3. The molecular formula is C21H29ClN4O2. The number of pyridine rings is 1. The van der Waals surface area contributed by atoms with Crippen LogP contribution in [0.2, 0.25) is 0 Å². The van der Waals surface area contributed by atoms with Gasteiger partial charge in [0.2, 0.25) is 5.88 Å². The van der Waals surface area contributed by atoms with Gasteiger partial charge in [-0.05, 0) is 50.5 Å². The number of aromatic nitrogens is 1. The SMILES string of the molecule is CCc1cc(NC(=O)N2CCN(C3=CC(C)(Cl)CC=C3)CC2)c(OC)nc1C. The summed E-state index contributed by atoms with van der Waals surface area (Å²) in [7, 11) is 1.57. The minimum absolute atomic E-state index is 0.124. The molecule has 1 saturated heterocycles. The highest BCUT2D eigenvalue weighted by Crippen LogP contribution is 2.29. The van der Waals surface area contributed by atoms with Gasteiger partial charge in [-0.25, -0.2) is 9.78 Å². The Labute approximate surface area is 172 Å². The van der Waals surface area contributed by atoms with Gasteiger partial charge >= 0.3 is 6.03 Å². The number of piperazine rings is 1. The lowest BCUT2D eigenvalue weighted by Crippen LogP contribution is -2.49. The summed E-state index contributed by atoms with van der Waals surface area (Å²) in [4.78, 5) is 21.0. The molecule has 1 unspecified atom stereocenters. The van der Waals surface area contributed by atoms with Crippen molar-refractivity contribution >= 4 is 23.3 Å². The summed E-state index contributed by atoms with van der Waals surface area (Å²) in [5, 5.41) is 2.97. The van der Waals surface area contributed by atoms with Gasteiger partial charge in [-0.3, -0.25) is 0 Å². The van der Waals surface area contributed by atoms with Gasteiger partial charge in [-0.2, -0.15) is 0 Å². The van der Waals surface area contributed by atoms with Gasteiger partial charge in [0.15, 0.2) is 0 Å². The average Bonchev–Trinajstić information content (AvgIpc) is 2.68. The van der Waals surface area contributed by atoms with Crippen LogP contribution in [0, 0.1) is 6.92 Å². The Morgan fingerprint density at radius 1 is 1.36 bits per heavy atom. The number of nitrogens with one attached hydrogen (secondary N) is 1. The van der Waals surface area contributed by atoms with E-state index in [1.165, 1.54) is 0 Å². The highest BCUT2D eigenvalue weighted by molar-refractivity contribution is 6.25. The first-order valence-corrected chi connectivity index (χ1v) is 10.1. The quantitative estimate of drug-likeness (QED) is 0.772. The maximum atomic E-state index is 12.8. The average molecular weight is 405 g/mol. The number of amides is 2. The number of anilines is 1. The molecule has 2 aliphatic rings. The van der Waals surface area contributed by atoms with E-state index in [-0.39, 0.29) is 10.9 Å². The van der Waals surface area contributed by atoms with E-state index in [1.807, 2.05) is 24.8 Å². The third-order valence-electron chi connectivity index (χ3n) is 5.29. The van der Waals surface area contributed by atoms with Crippen LogP contribution in [-0.4, -0.2) is 59.0 Å². The molecule has 2 heterocycles. The molecule has 7 heteroatoms. The van der Waals surface area contributed by atoms with Crippen molar-refractivity contribution in [3.8, 4) is 5.88 Å². The second-order valence-electron chi connectivity index (χ2n) is 7.50. The second kappa shape index (κ2) is 8.43. The third-order valence-corrected chi connectivity index (χ3v) is 5.55. The topological polar surface area (TPSA) is 57.7 Å². The van der Waals surface area contributed by atoms with Crippen molar-refractivity contribution in [2.24, 2.45) is 0 Å². The number of hydrogen-bond donors (Lipinski definition) is 1. The van der Waals surface area contributed by atoms with E-state index in [1.54, 1.807) is 7.11 Å². The Balaban J connectivity index is 1.63. The Hall–Kier alpha value is -2.21. The fourth-order valence-corrected chi connectivity index (χ4v) is 3.81. The van der Waals surface area contributed by atoms with Crippen molar-refractivity contribution in [1.29, 1.82) is 0 Å². The Morgan fingerprint density at radius 2 is 2.07 bits per heavy atom. The molecule has 1 aromatic rings. The van der Waals surface area contributed by atoms with Gasteiger partial charge in [0.1, 0.15) is 5.69 Å². The monoisotopic (exact) mass is 404 g/mol. The van der Waals surface area contributed by atoms with Crippen LogP contribution in [0.4, 0.5) is 10.5 Å². The van der Waals surface area contributed by atoms with Crippen molar-refractivity contribution in [3.63, 3.8) is 0 Å². The molecule has 3 rings (SSSR count). The lowest BCUT2D eigenvalue weighted by molar-refractivity contribution is 0.169. The molecule has 0 spiro atoms. The third kappa shape index (κ3) is 4.61. The number of alkyl halides is 1. The first-order valence-electron chi connectivity index (χ1n) is 9.76. The molecule has 1 N–H and O–H groups in total. The van der Waals surface area contributed by atoms with Crippen LogP contribution < -0.4 is 10.1 Å². The number of rotatable bonds is 4. The highest BCUT2D eigenvalue weighted by Gasteiger charge is 2.26. The molecule has 152 valence electrons. The number of carbonyl (C=O) groups is 1. The number of hydrogen-bond acceptors (Lipinski definition) is 4. The molecule has 0 aromatic carbocycles. The lowest BCUT2D eigenvalue weighted by atomic mass is 9.99. The van der Waals surface area contributed by atoms with Gasteiger partial charge in [-0.15, -0.1) is 11.6 Å². The van der Waals surface area contributed by atoms with Gasteiger partial charge in [-0.1, -0.05) is 13.0 Å². The first-order chi connectivity index (χ1) is 13.3. The number of halogens is 1. The fourth-order valence-electron chi connectivity index (χ4n) is 3.61. The molecule has 1 aromatic heterocycles. The Bertz CT molecular complexity index is 796. The maximum absolute atomic E-state index is 12.8. The largest absolute Gasteiger partial charge is 0.480 e. The van der Waals surface area contributed by atoms with E-state index in [9.17, 15) is 4.79 Å². The highest BCUT2D eigenvalue weighted by atomic mass is 35.5. The minimum Gasteiger partial charge on any atom is -0.480 e. The number of ether oxygens (including phenoxy) is 1. The number of nitrogens with zero attached hydrogens (tertiary/aromatic N) is 3. The molecule has 1 atom stereocenters. The standard InChI is InChI=1S/C21H29ClN4O2/c1-5-16-13-18(19(28-4)23-15(16)2)24-20(27)26-11-9-25(10-12-26)17-7-6-8-21(3,22)14-17/h6-7,13-14H,5,8-12H2,1-4H3,(H,24,27). The zero-order valence-corrected chi connectivity index (χ0v) is 17.8. The van der Waals surface area contributed by atoms with Crippen molar-refractivity contribution < 1.29 is 9.53 Å². The normalized spacial score (nSPS) is 22.1. The van der Waals surface area contributed by atoms with Crippen LogP contribution in [0.15, 0.2) is 30.0 Å². The summed E-state index contributed by atoms with van der Waals surface area (Å²) in [5.74, 6) is 0.445. The van der Waals surface area contributed by atoms with Gasteiger partial charge in [0, 0.05) is 37.6 Å². The van der Waals surface area contributed by atoms with Crippen LogP contribution >= 0.6 is 11.6 Å². The minimum atomic E-state index is -0.329. The van der Waals surface area contributed by atoms with Gasteiger partial charge < -0.3 is 19.9 Å². The molecule has 6 nitrogen and oxygen atoms in total. The van der Waals surface area contributed by atoms with E-state index >= 15 is 0 Å². The molecule has 1 aliphatic heterocycles. The molecule has 28 heavy (non-hydrogen) atoms. The van der Waals surface area contributed by atoms with E-state index in [0.29, 0.717) is 24.7 Å². The number of methoxy groups -OCH3 is 1. The molecule has 0 bridgehead atoms. The molecule has 0 saturated carbocycles. The zero-order valence-electron chi connectivity index (χ0n) is 17.1. The van der Waals surface area contributed by atoms with Crippen LogP contribution in [0.3, 0.4) is 0 Å². The summed E-state index contributed by atoms with van der Waals surface area (Å²) in [6.07, 6.45) is 8.04. The smallest absolute Gasteiger partial charge is 0.322 e. The summed E-state index contributed by atoms with van der Waals surface area (Å²) >= 11 is 6.47. The van der Waals surface area contributed by atoms with Crippen LogP contribution in [-0.2, 0) is 6.42 Å². The fraction of sp³-hybridized carbons (Fsp3) is 0.524. The first kappa shape index (κ1) is 20.5. The van der Waals surface area contributed by atoms with Crippen molar-refractivity contribution in [1.82, 2.24) is 14.8 Å². The maximum Gasteiger partial charge on any atom is 0.322 e. The van der Waals surface area contributed by atoms with E-state index in [4.69, 9.17) is 16.3 Å². The lowest BCUT2D eigenvalue weighted by Gasteiger charge is -2.38. The summed E-state index contributed by atoms with van der Waals surface area (Å²) in [6.45, 7) is 8.90. The molecule has 0 radical (unpaired) electrons. The number of allylic oxidation sites excluding steroid dienone is 3. The van der Waals surface area contributed by atoms with Crippen LogP contribution in [0.25, 0.3) is 0 Å². The predicted molar refractivity (Wildman–Crippen MR) is 113 cm³/mol. The molecular weight excluding hydrogens is 376 g/mol. The van der Waals surface area contributed by atoms with Crippen molar-refractivity contribution in [2.45, 2.75) is 38.5 Å². The number of urea groups is 1. The van der Waals surface area contributed by atoms with Gasteiger partial charge in [0.25, 0.3) is 0 Å². The Morgan fingerprint density at radius 3 is 2.68 bits per heavy atom. The van der Waals surface area contributed by atoms with Crippen molar-refractivity contribution in [2.75, 3.05) is 38.6 Å². The number of carbonyl (C=O) groups excluding carboxylic acids is 1. The summed E-state index contributed by atoms with van der Waals surface area (Å²) < 4.78 is 5.35. The van der Waals surface area contributed by atoms with Gasteiger partial charge in [0.05, 0.1) is 12.0 Å². The second-order valence-corrected chi connectivity index (χ2v) is 8.36. The van der Waals surface area contributed by atoms with Crippen LogP contribution in [0.5, 0.6) is 5.88 Å².